The zero-order chi connectivity index (χ0) is 40.3. The fourth-order valence-corrected chi connectivity index (χ4v) is 11.3. The first-order chi connectivity index (χ1) is 30.3. The summed E-state index contributed by atoms with van der Waals surface area (Å²) in [6, 6.07) is 72.5. The van der Waals surface area contributed by atoms with E-state index in [2.05, 4.69) is 228 Å². The predicted octanol–water partition coefficient (Wildman–Crippen LogP) is 15.8. The molecule has 8 aromatic carbocycles. The first-order valence-corrected chi connectivity index (χ1v) is 22.0. The summed E-state index contributed by atoms with van der Waals surface area (Å²) in [6.07, 6.45) is 14.1. The summed E-state index contributed by atoms with van der Waals surface area (Å²) in [7, 11) is 0. The van der Waals surface area contributed by atoms with Crippen LogP contribution >= 0.6 is 0 Å². The second-order valence-electron chi connectivity index (χ2n) is 17.1. The first kappa shape index (κ1) is 35.8. The molecule has 1 spiro atoms. The Morgan fingerprint density at radius 1 is 0.443 bits per heavy atom. The van der Waals surface area contributed by atoms with Gasteiger partial charge < -0.3 is 9.47 Å². The van der Waals surface area contributed by atoms with Crippen LogP contribution in [0.15, 0.2) is 218 Å². The highest BCUT2D eigenvalue weighted by Gasteiger charge is 2.45. The number of para-hydroxylation sites is 3. The molecule has 1 heterocycles. The molecule has 0 saturated heterocycles. The van der Waals surface area contributed by atoms with Gasteiger partial charge in [-0.15, -0.1) is 0 Å². The van der Waals surface area contributed by atoms with E-state index >= 15 is 0 Å². The number of nitrogens with zero attached hydrogens (tertiary/aromatic N) is 2. The van der Waals surface area contributed by atoms with Gasteiger partial charge in [-0.05, 0) is 100 Å². The SMILES string of the molecule is C1=CC(c2ccccc2)C(c2ccccc2-c2ccccc2N(c2ccc3c(c2)C2(CCCC2)c2ccccc2-3)c2ccc3c4ccccc4n(-c4ccccc4)c3c2)C=C1. The minimum Gasteiger partial charge on any atom is -0.310 e. The van der Waals surface area contributed by atoms with Gasteiger partial charge >= 0.3 is 0 Å². The quantitative estimate of drug-likeness (QED) is 0.156. The molecule has 1 aromatic heterocycles. The normalized spacial score (nSPS) is 17.2. The average Bonchev–Trinajstić information content (AvgIpc) is 4.03. The van der Waals surface area contributed by atoms with E-state index in [4.69, 9.17) is 0 Å². The van der Waals surface area contributed by atoms with Gasteiger partial charge in [0, 0.05) is 50.6 Å². The van der Waals surface area contributed by atoms with Crippen molar-refractivity contribution in [2.45, 2.75) is 42.9 Å². The highest BCUT2D eigenvalue weighted by atomic mass is 15.1. The fraction of sp³-hybridized carbons (Fsp3) is 0.119. The molecule has 0 radical (unpaired) electrons. The van der Waals surface area contributed by atoms with Gasteiger partial charge in [-0.1, -0.05) is 183 Å². The van der Waals surface area contributed by atoms with Crippen molar-refractivity contribution < 1.29 is 0 Å². The van der Waals surface area contributed by atoms with Gasteiger partial charge in [0.25, 0.3) is 0 Å². The molecule has 0 amide bonds. The van der Waals surface area contributed by atoms with E-state index in [0.717, 1.165) is 11.4 Å². The molecule has 3 aliphatic carbocycles. The Bertz CT molecular complexity index is 3160. The Morgan fingerprint density at radius 3 is 1.89 bits per heavy atom. The molecule has 0 N–H and O–H groups in total. The van der Waals surface area contributed by atoms with Crippen LogP contribution in [0, 0.1) is 0 Å². The molecular formula is C59H46N2. The number of rotatable bonds is 7. The van der Waals surface area contributed by atoms with Crippen LogP contribution < -0.4 is 4.90 Å². The number of benzene rings is 8. The third-order valence-corrected chi connectivity index (χ3v) is 14.0. The van der Waals surface area contributed by atoms with Crippen molar-refractivity contribution in [3.05, 3.63) is 241 Å². The summed E-state index contributed by atoms with van der Waals surface area (Å²) in [5.74, 6) is 0.419. The largest absolute Gasteiger partial charge is 0.310 e. The molecular weight excluding hydrogens is 737 g/mol. The van der Waals surface area contributed by atoms with Crippen LogP contribution in [0.1, 0.15) is 59.8 Å². The third-order valence-electron chi connectivity index (χ3n) is 14.0. The molecule has 1 saturated carbocycles. The lowest BCUT2D eigenvalue weighted by Gasteiger charge is -2.32. The van der Waals surface area contributed by atoms with Gasteiger partial charge in [0.05, 0.1) is 16.7 Å². The standard InChI is InChI=1S/C59H46N2/c1-3-19-41(20-4-1)45-23-7-8-24-46(45)47-25-9-10-26-48(47)51-28-12-15-31-56(51)60(43-33-35-50-49-27-11-14-30-54(49)59(55(50)39-43)37-17-18-38-59)44-34-36-53-52-29-13-16-32-57(52)61(58(53)40-44)42-21-5-2-6-22-42/h1-16,19-36,39-40,45-46H,17-18,37-38H2. The van der Waals surface area contributed by atoms with Gasteiger partial charge in [0.2, 0.25) is 0 Å². The number of hydrogen-bond acceptors (Lipinski definition) is 1. The highest BCUT2D eigenvalue weighted by Crippen LogP contribution is 2.58. The predicted molar refractivity (Wildman–Crippen MR) is 256 cm³/mol. The molecule has 9 aromatic rings. The molecule has 61 heavy (non-hydrogen) atoms. The summed E-state index contributed by atoms with van der Waals surface area (Å²) in [6.45, 7) is 0. The summed E-state index contributed by atoms with van der Waals surface area (Å²) in [5.41, 5.74) is 18.0. The maximum Gasteiger partial charge on any atom is 0.0561 e. The fourth-order valence-electron chi connectivity index (χ4n) is 11.3. The van der Waals surface area contributed by atoms with E-state index in [1.807, 2.05) is 0 Å². The van der Waals surface area contributed by atoms with E-state index in [1.165, 1.54) is 103 Å². The first-order valence-electron chi connectivity index (χ1n) is 22.0. The molecule has 2 unspecified atom stereocenters. The van der Waals surface area contributed by atoms with Gasteiger partial charge in [-0.25, -0.2) is 0 Å². The van der Waals surface area contributed by atoms with Crippen molar-refractivity contribution in [1.29, 1.82) is 0 Å². The lowest BCUT2D eigenvalue weighted by Crippen LogP contribution is -2.21. The molecule has 2 nitrogen and oxygen atoms in total. The molecule has 0 aliphatic heterocycles. The van der Waals surface area contributed by atoms with E-state index < -0.39 is 0 Å². The number of fused-ring (bicyclic) bond motifs is 8. The minimum atomic E-state index is 0.0523. The van der Waals surface area contributed by atoms with Gasteiger partial charge in [-0.3, -0.25) is 0 Å². The molecule has 1 fully saturated rings. The van der Waals surface area contributed by atoms with Crippen LogP contribution in [-0.2, 0) is 5.41 Å². The molecule has 3 aliphatic rings. The molecule has 12 rings (SSSR count). The van der Waals surface area contributed by atoms with Crippen molar-refractivity contribution in [2.75, 3.05) is 4.90 Å². The summed E-state index contributed by atoms with van der Waals surface area (Å²) in [4.78, 5) is 2.55. The van der Waals surface area contributed by atoms with E-state index in [9.17, 15) is 0 Å². The second kappa shape index (κ2) is 14.5. The van der Waals surface area contributed by atoms with Crippen LogP contribution in [0.25, 0.3) is 49.7 Å². The van der Waals surface area contributed by atoms with E-state index in [-0.39, 0.29) is 17.3 Å². The number of anilines is 3. The van der Waals surface area contributed by atoms with E-state index in [1.54, 1.807) is 0 Å². The van der Waals surface area contributed by atoms with Crippen LogP contribution in [0.4, 0.5) is 17.1 Å². The molecule has 2 heteroatoms. The Balaban J connectivity index is 1.10. The molecule has 292 valence electrons. The van der Waals surface area contributed by atoms with Crippen molar-refractivity contribution in [2.24, 2.45) is 0 Å². The maximum atomic E-state index is 2.56. The lowest BCUT2D eigenvalue weighted by molar-refractivity contribution is 0.550. The number of allylic oxidation sites excluding steroid dienone is 4. The summed E-state index contributed by atoms with van der Waals surface area (Å²) >= 11 is 0. The smallest absolute Gasteiger partial charge is 0.0561 e. The maximum absolute atomic E-state index is 2.56. The Hall–Kier alpha value is -7.16. The Labute approximate surface area is 358 Å². The van der Waals surface area contributed by atoms with E-state index in [0.29, 0.717) is 0 Å². The topological polar surface area (TPSA) is 8.17 Å². The number of aromatic nitrogens is 1. The zero-order valence-corrected chi connectivity index (χ0v) is 34.2. The van der Waals surface area contributed by atoms with Crippen molar-refractivity contribution in [1.82, 2.24) is 4.57 Å². The highest BCUT2D eigenvalue weighted by molar-refractivity contribution is 6.10. The van der Waals surface area contributed by atoms with Crippen molar-refractivity contribution in [3.8, 4) is 27.9 Å². The lowest BCUT2D eigenvalue weighted by atomic mass is 9.76. The Morgan fingerprint density at radius 2 is 1.05 bits per heavy atom. The summed E-state index contributed by atoms with van der Waals surface area (Å²) < 4.78 is 2.44. The van der Waals surface area contributed by atoms with Crippen LogP contribution in [-0.4, -0.2) is 4.57 Å². The van der Waals surface area contributed by atoms with Crippen molar-refractivity contribution in [3.63, 3.8) is 0 Å². The van der Waals surface area contributed by atoms with Crippen molar-refractivity contribution >= 4 is 38.9 Å². The monoisotopic (exact) mass is 782 g/mol. The second-order valence-corrected chi connectivity index (χ2v) is 17.1. The van der Waals surface area contributed by atoms with Gasteiger partial charge in [0.15, 0.2) is 0 Å². The summed E-state index contributed by atoms with van der Waals surface area (Å²) in [5, 5.41) is 2.51. The number of hydrogen-bond donors (Lipinski definition) is 0. The third kappa shape index (κ3) is 5.70. The van der Waals surface area contributed by atoms with Crippen LogP contribution in [0.3, 0.4) is 0 Å². The van der Waals surface area contributed by atoms with Gasteiger partial charge in [0.1, 0.15) is 0 Å². The average molecular weight is 783 g/mol. The van der Waals surface area contributed by atoms with Crippen LogP contribution in [0.2, 0.25) is 0 Å². The zero-order valence-electron chi connectivity index (χ0n) is 34.2. The van der Waals surface area contributed by atoms with Gasteiger partial charge in [-0.2, -0.15) is 0 Å². The minimum absolute atomic E-state index is 0.0523. The Kier molecular flexibility index (Phi) is 8.52. The van der Waals surface area contributed by atoms with Crippen LogP contribution in [0.5, 0.6) is 0 Å². The molecule has 0 bridgehead atoms. The molecule has 2 atom stereocenters.